The summed E-state index contributed by atoms with van der Waals surface area (Å²) >= 11 is 12.0. The number of halogens is 2. The molecule has 1 aliphatic rings. The molecule has 1 heterocycles. The highest BCUT2D eigenvalue weighted by Crippen LogP contribution is 2.31. The molecule has 2 rings (SSSR count). The zero-order valence-corrected chi connectivity index (χ0v) is 17.5. The molecule has 1 atom stereocenters. The van der Waals surface area contributed by atoms with Gasteiger partial charge in [0.25, 0.3) is 0 Å². The minimum atomic E-state index is -3.71. The van der Waals surface area contributed by atoms with Crippen LogP contribution < -0.4 is 5.32 Å². The molecule has 0 saturated carbocycles. The van der Waals surface area contributed by atoms with Crippen LogP contribution >= 0.6 is 23.2 Å². The Kier molecular flexibility index (Phi) is 7.33. The third kappa shape index (κ3) is 5.10. The molecular formula is C17H25Cl2N3O3S. The summed E-state index contributed by atoms with van der Waals surface area (Å²) in [7, 11) is -3.71. The highest BCUT2D eigenvalue weighted by Gasteiger charge is 2.31. The van der Waals surface area contributed by atoms with Crippen molar-refractivity contribution in [2.75, 3.05) is 32.7 Å². The molecule has 1 aromatic rings. The van der Waals surface area contributed by atoms with Crippen molar-refractivity contribution in [2.24, 2.45) is 5.92 Å². The molecule has 0 unspecified atom stereocenters. The Morgan fingerprint density at radius 2 is 1.77 bits per heavy atom. The first-order chi connectivity index (χ1) is 12.1. The van der Waals surface area contributed by atoms with Crippen LogP contribution in [0.2, 0.25) is 10.0 Å². The molecule has 0 aliphatic carbocycles. The molecule has 1 saturated heterocycles. The largest absolute Gasteiger partial charge is 0.352 e. The van der Waals surface area contributed by atoms with Crippen LogP contribution in [0.4, 0.5) is 0 Å². The van der Waals surface area contributed by atoms with Gasteiger partial charge in [-0.2, -0.15) is 4.31 Å². The van der Waals surface area contributed by atoms with E-state index in [1.807, 2.05) is 11.8 Å². The van der Waals surface area contributed by atoms with Gasteiger partial charge in [-0.05, 0) is 25.0 Å². The second-order valence-electron chi connectivity index (χ2n) is 6.83. The second-order valence-corrected chi connectivity index (χ2v) is 9.52. The van der Waals surface area contributed by atoms with Crippen molar-refractivity contribution in [1.82, 2.24) is 14.5 Å². The highest BCUT2D eigenvalue weighted by atomic mass is 35.5. The van der Waals surface area contributed by atoms with Gasteiger partial charge in [0.1, 0.15) is 4.90 Å². The summed E-state index contributed by atoms with van der Waals surface area (Å²) in [6, 6.07) is 4.68. The Labute approximate surface area is 165 Å². The number of piperazine rings is 1. The number of carbonyl (C=O) groups is 1. The maximum Gasteiger partial charge on any atom is 0.244 e. The molecule has 9 heteroatoms. The summed E-state index contributed by atoms with van der Waals surface area (Å²) in [6.07, 6.45) is 0. The van der Waals surface area contributed by atoms with E-state index in [-0.39, 0.29) is 33.4 Å². The van der Waals surface area contributed by atoms with Crippen molar-refractivity contribution < 1.29 is 13.2 Å². The summed E-state index contributed by atoms with van der Waals surface area (Å²) in [6.45, 7) is 7.92. The predicted octanol–water partition coefficient (Wildman–Crippen LogP) is 2.46. The molecule has 1 aromatic carbocycles. The highest BCUT2D eigenvalue weighted by molar-refractivity contribution is 7.89. The van der Waals surface area contributed by atoms with Crippen LogP contribution in [0.5, 0.6) is 0 Å². The summed E-state index contributed by atoms with van der Waals surface area (Å²) in [5, 5.41) is 3.21. The van der Waals surface area contributed by atoms with Crippen LogP contribution in [0.1, 0.15) is 20.8 Å². The Morgan fingerprint density at radius 1 is 1.15 bits per heavy atom. The van der Waals surface area contributed by atoms with E-state index in [2.05, 4.69) is 19.2 Å². The minimum Gasteiger partial charge on any atom is -0.352 e. The van der Waals surface area contributed by atoms with Gasteiger partial charge in [0.2, 0.25) is 15.9 Å². The third-order valence-electron chi connectivity index (χ3n) is 4.62. The van der Waals surface area contributed by atoms with E-state index >= 15 is 0 Å². The van der Waals surface area contributed by atoms with Crippen LogP contribution in [-0.4, -0.2) is 62.3 Å². The molecular weight excluding hydrogens is 397 g/mol. The van der Waals surface area contributed by atoms with Crippen LogP contribution in [0, 0.1) is 5.92 Å². The van der Waals surface area contributed by atoms with E-state index in [0.29, 0.717) is 32.1 Å². The molecule has 1 amide bonds. The maximum atomic E-state index is 12.8. The quantitative estimate of drug-likeness (QED) is 0.765. The van der Waals surface area contributed by atoms with Gasteiger partial charge < -0.3 is 5.32 Å². The first kappa shape index (κ1) is 21.4. The van der Waals surface area contributed by atoms with Crippen molar-refractivity contribution in [3.05, 3.63) is 28.2 Å². The molecule has 6 nitrogen and oxygen atoms in total. The molecule has 1 aliphatic heterocycles. The van der Waals surface area contributed by atoms with E-state index in [1.165, 1.54) is 10.4 Å². The van der Waals surface area contributed by atoms with Crippen LogP contribution in [0.25, 0.3) is 0 Å². The van der Waals surface area contributed by atoms with Gasteiger partial charge in [-0.25, -0.2) is 8.42 Å². The number of carbonyl (C=O) groups excluding carboxylic acids is 1. The van der Waals surface area contributed by atoms with E-state index in [0.717, 1.165) is 0 Å². The van der Waals surface area contributed by atoms with Gasteiger partial charge in [-0.1, -0.05) is 43.1 Å². The number of nitrogens with one attached hydrogen (secondary N) is 1. The van der Waals surface area contributed by atoms with Crippen molar-refractivity contribution in [3.8, 4) is 0 Å². The summed E-state index contributed by atoms with van der Waals surface area (Å²) < 4.78 is 27.0. The first-order valence-electron chi connectivity index (χ1n) is 8.58. The number of hydrogen-bond donors (Lipinski definition) is 1. The number of rotatable bonds is 6. The number of amides is 1. The Balaban J connectivity index is 1.95. The predicted molar refractivity (Wildman–Crippen MR) is 104 cm³/mol. The number of benzene rings is 1. The molecule has 0 radical (unpaired) electrons. The van der Waals surface area contributed by atoms with Crippen molar-refractivity contribution in [1.29, 1.82) is 0 Å². The molecule has 146 valence electrons. The Hall–Kier alpha value is -0.860. The van der Waals surface area contributed by atoms with Crippen molar-refractivity contribution >= 4 is 39.1 Å². The average molecular weight is 422 g/mol. The summed E-state index contributed by atoms with van der Waals surface area (Å²) in [4.78, 5) is 14.1. The first-order valence-corrected chi connectivity index (χ1v) is 10.8. The lowest BCUT2D eigenvalue weighted by Gasteiger charge is -2.34. The molecule has 0 spiro atoms. The topological polar surface area (TPSA) is 69.7 Å². The van der Waals surface area contributed by atoms with E-state index in [9.17, 15) is 13.2 Å². The van der Waals surface area contributed by atoms with Gasteiger partial charge in [-0.3, -0.25) is 9.69 Å². The molecule has 1 N–H and O–H groups in total. The molecule has 0 aromatic heterocycles. The summed E-state index contributed by atoms with van der Waals surface area (Å²) in [5.74, 6) is 0.323. The Morgan fingerprint density at radius 3 is 2.35 bits per heavy atom. The average Bonchev–Trinajstić information content (AvgIpc) is 2.57. The van der Waals surface area contributed by atoms with Crippen LogP contribution in [0.15, 0.2) is 23.1 Å². The standard InChI is InChI=1S/C17H25Cl2N3O3S/c1-12(2)13(3)20-16(23)11-21-7-9-22(10-8-21)26(24,25)15-6-4-5-14(18)17(15)19/h4-6,12-13H,7-11H2,1-3H3,(H,20,23)/t13-/m1/s1. The molecule has 1 fully saturated rings. The monoisotopic (exact) mass is 421 g/mol. The van der Waals surface area contributed by atoms with Gasteiger partial charge in [0, 0.05) is 32.2 Å². The fraction of sp³-hybridized carbons (Fsp3) is 0.588. The number of sulfonamides is 1. The normalized spacial score (nSPS) is 18.1. The lowest BCUT2D eigenvalue weighted by molar-refractivity contribution is -0.123. The zero-order valence-electron chi connectivity index (χ0n) is 15.2. The second kappa shape index (κ2) is 8.89. The van der Waals surface area contributed by atoms with Crippen LogP contribution in [0.3, 0.4) is 0 Å². The lowest BCUT2D eigenvalue weighted by atomic mass is 10.1. The van der Waals surface area contributed by atoms with Gasteiger partial charge in [0.15, 0.2) is 0 Å². The Bertz CT molecular complexity index is 748. The van der Waals surface area contributed by atoms with Crippen LogP contribution in [-0.2, 0) is 14.8 Å². The SMILES string of the molecule is CC(C)[C@@H](C)NC(=O)CN1CCN(S(=O)(=O)c2cccc(Cl)c2Cl)CC1. The number of nitrogens with zero attached hydrogens (tertiary/aromatic N) is 2. The number of hydrogen-bond acceptors (Lipinski definition) is 4. The zero-order chi connectivity index (χ0) is 19.5. The van der Waals surface area contributed by atoms with Gasteiger partial charge in [0.05, 0.1) is 16.6 Å². The van der Waals surface area contributed by atoms with Crippen molar-refractivity contribution in [2.45, 2.75) is 31.7 Å². The molecule has 26 heavy (non-hydrogen) atoms. The fourth-order valence-electron chi connectivity index (χ4n) is 2.62. The van der Waals surface area contributed by atoms with E-state index < -0.39 is 10.0 Å². The van der Waals surface area contributed by atoms with E-state index in [1.54, 1.807) is 12.1 Å². The fourth-order valence-corrected chi connectivity index (χ4v) is 4.78. The maximum absolute atomic E-state index is 12.8. The summed E-state index contributed by atoms with van der Waals surface area (Å²) in [5.41, 5.74) is 0. The van der Waals surface area contributed by atoms with Gasteiger partial charge >= 0.3 is 0 Å². The smallest absolute Gasteiger partial charge is 0.244 e. The minimum absolute atomic E-state index is 0.0172. The molecule has 0 bridgehead atoms. The van der Waals surface area contributed by atoms with Crippen molar-refractivity contribution in [3.63, 3.8) is 0 Å². The lowest BCUT2D eigenvalue weighted by Crippen LogP contribution is -2.52. The third-order valence-corrected chi connectivity index (χ3v) is 7.49. The van der Waals surface area contributed by atoms with E-state index in [4.69, 9.17) is 23.2 Å². The van der Waals surface area contributed by atoms with Gasteiger partial charge in [-0.15, -0.1) is 0 Å².